The smallest absolute Gasteiger partial charge is 0.410 e. The Bertz CT molecular complexity index is 1270. The number of carbonyl (C=O) groups excluding carboxylic acids is 1. The Hall–Kier alpha value is -2.63. The molecule has 1 amide bonds. The van der Waals surface area contributed by atoms with Crippen molar-refractivity contribution in [2.24, 2.45) is 0 Å². The molecule has 200 valence electrons. The predicted octanol–water partition coefficient (Wildman–Crippen LogP) is 4.32. The SMILES string of the molecule is Cc1c(Oc2ccc(S(=O)(=O)C3CC3)cc2Cl)ncnc1O[C@@H]1CC2COC[C@@H](C1)N2C(=O)OC(C)C. The minimum absolute atomic E-state index is 0.147. The summed E-state index contributed by atoms with van der Waals surface area (Å²) in [7, 11) is -3.36. The van der Waals surface area contributed by atoms with E-state index in [0.29, 0.717) is 50.3 Å². The van der Waals surface area contributed by atoms with Gasteiger partial charge >= 0.3 is 6.09 Å². The molecule has 3 atom stereocenters. The van der Waals surface area contributed by atoms with Crippen molar-refractivity contribution in [1.82, 2.24) is 14.9 Å². The topological polar surface area (TPSA) is 117 Å². The number of amides is 1. The first-order valence-corrected chi connectivity index (χ1v) is 14.3. The molecule has 3 aliphatic rings. The Kier molecular flexibility index (Phi) is 7.21. The summed E-state index contributed by atoms with van der Waals surface area (Å²) in [5, 5.41) is -0.145. The molecule has 1 aliphatic carbocycles. The summed E-state index contributed by atoms with van der Waals surface area (Å²) in [5.74, 6) is 0.912. The molecule has 1 aromatic heterocycles. The molecule has 10 nitrogen and oxygen atoms in total. The normalized spacial score (nSPS) is 23.6. The fourth-order valence-corrected chi connectivity index (χ4v) is 6.70. The van der Waals surface area contributed by atoms with Crippen molar-refractivity contribution in [1.29, 1.82) is 0 Å². The fourth-order valence-electron chi connectivity index (χ4n) is 4.74. The number of fused-ring (bicyclic) bond motifs is 2. The molecule has 0 N–H and O–H groups in total. The van der Waals surface area contributed by atoms with Gasteiger partial charge in [0.2, 0.25) is 11.8 Å². The van der Waals surface area contributed by atoms with E-state index in [4.69, 9.17) is 30.5 Å². The molecule has 1 saturated carbocycles. The fraction of sp³-hybridized carbons (Fsp3) is 0.560. The van der Waals surface area contributed by atoms with Crippen molar-refractivity contribution in [2.45, 2.75) is 80.9 Å². The van der Waals surface area contributed by atoms with Crippen molar-refractivity contribution < 1.29 is 32.2 Å². The second kappa shape index (κ2) is 10.3. The molecule has 2 saturated heterocycles. The van der Waals surface area contributed by atoms with Gasteiger partial charge in [0, 0.05) is 12.8 Å². The molecule has 0 radical (unpaired) electrons. The molecule has 3 fully saturated rings. The van der Waals surface area contributed by atoms with Crippen molar-refractivity contribution in [3.63, 3.8) is 0 Å². The number of benzene rings is 1. The van der Waals surface area contributed by atoms with Crippen LogP contribution in [0.25, 0.3) is 0 Å². The van der Waals surface area contributed by atoms with Gasteiger partial charge in [-0.3, -0.25) is 4.90 Å². The highest BCUT2D eigenvalue weighted by Crippen LogP contribution is 2.38. The molecule has 12 heteroatoms. The lowest BCUT2D eigenvalue weighted by Gasteiger charge is -2.47. The molecular formula is C25H30ClN3O7S. The molecule has 2 aliphatic heterocycles. The quantitative estimate of drug-likeness (QED) is 0.495. The van der Waals surface area contributed by atoms with Gasteiger partial charge in [0.15, 0.2) is 9.84 Å². The van der Waals surface area contributed by atoms with Crippen LogP contribution >= 0.6 is 11.6 Å². The number of carbonyl (C=O) groups is 1. The summed E-state index contributed by atoms with van der Waals surface area (Å²) in [4.78, 5) is 23.1. The Morgan fingerprint density at radius 3 is 2.43 bits per heavy atom. The summed E-state index contributed by atoms with van der Waals surface area (Å²) >= 11 is 6.36. The zero-order valence-electron chi connectivity index (χ0n) is 20.9. The van der Waals surface area contributed by atoms with Crippen molar-refractivity contribution in [2.75, 3.05) is 13.2 Å². The van der Waals surface area contributed by atoms with Gasteiger partial charge in [0.1, 0.15) is 18.2 Å². The highest BCUT2D eigenvalue weighted by atomic mass is 35.5. The average molecular weight is 552 g/mol. The molecule has 2 bridgehead atoms. The number of halogens is 1. The van der Waals surface area contributed by atoms with Crippen LogP contribution in [0.15, 0.2) is 29.4 Å². The maximum atomic E-state index is 12.6. The van der Waals surface area contributed by atoms with E-state index in [0.717, 1.165) is 0 Å². The summed E-state index contributed by atoms with van der Waals surface area (Å²) in [6, 6.07) is 4.16. The second-order valence-corrected chi connectivity index (χ2v) is 12.6. The number of hydrogen-bond acceptors (Lipinski definition) is 9. The second-order valence-electron chi connectivity index (χ2n) is 9.94. The first-order valence-electron chi connectivity index (χ1n) is 12.4. The highest BCUT2D eigenvalue weighted by Gasteiger charge is 2.44. The monoisotopic (exact) mass is 551 g/mol. The minimum Gasteiger partial charge on any atom is -0.474 e. The van der Waals surface area contributed by atoms with Gasteiger partial charge in [-0.05, 0) is 51.8 Å². The maximum absolute atomic E-state index is 12.6. The van der Waals surface area contributed by atoms with E-state index < -0.39 is 9.84 Å². The van der Waals surface area contributed by atoms with Crippen LogP contribution in [0.4, 0.5) is 4.79 Å². The molecular weight excluding hydrogens is 522 g/mol. The van der Waals surface area contributed by atoms with Crippen LogP contribution in [0.2, 0.25) is 5.02 Å². The lowest BCUT2D eigenvalue weighted by Crippen LogP contribution is -2.61. The largest absolute Gasteiger partial charge is 0.474 e. The standard InChI is InChI=1S/C25H30ClN3O7S/c1-14(2)34-25(30)29-16-8-18(9-17(29)12-33-11-16)35-23-15(3)24(28-13-27-23)36-22-7-6-20(10-21(22)26)37(31,32)19-4-5-19/h6-7,10,13-14,16-19H,4-5,8-9,11-12H2,1-3H3/t16-,17?,18+/m1/s1. The van der Waals surface area contributed by atoms with Gasteiger partial charge in [-0.15, -0.1) is 0 Å². The lowest BCUT2D eigenvalue weighted by molar-refractivity contribution is -0.0934. The number of rotatable bonds is 7. The summed E-state index contributed by atoms with van der Waals surface area (Å²) in [6.07, 6.45) is 3.15. The van der Waals surface area contributed by atoms with E-state index in [2.05, 4.69) is 9.97 Å². The molecule has 0 spiro atoms. The average Bonchev–Trinajstić information content (AvgIpc) is 3.68. The van der Waals surface area contributed by atoms with Crippen molar-refractivity contribution in [3.8, 4) is 17.5 Å². The number of piperidine rings is 1. The number of hydrogen-bond donors (Lipinski definition) is 0. The molecule has 1 unspecified atom stereocenters. The molecule has 3 heterocycles. The van der Waals surface area contributed by atoms with Gasteiger partial charge in [0.25, 0.3) is 0 Å². The van der Waals surface area contributed by atoms with Crippen LogP contribution in [-0.2, 0) is 19.3 Å². The molecule has 1 aromatic carbocycles. The van der Waals surface area contributed by atoms with Gasteiger partial charge in [-0.25, -0.2) is 23.2 Å². The lowest BCUT2D eigenvalue weighted by atomic mass is 9.92. The van der Waals surface area contributed by atoms with E-state index in [1.165, 1.54) is 24.5 Å². The Balaban J connectivity index is 1.28. The summed E-state index contributed by atoms with van der Waals surface area (Å²) in [6.45, 7) is 6.28. The van der Waals surface area contributed by atoms with Crippen LogP contribution in [0.5, 0.6) is 17.5 Å². The van der Waals surface area contributed by atoms with E-state index in [1.807, 2.05) is 13.8 Å². The third-order valence-corrected chi connectivity index (χ3v) is 9.25. The molecule has 37 heavy (non-hydrogen) atoms. The molecule has 5 rings (SSSR count). The minimum atomic E-state index is -3.36. The van der Waals surface area contributed by atoms with E-state index in [9.17, 15) is 13.2 Å². The predicted molar refractivity (Wildman–Crippen MR) is 134 cm³/mol. The zero-order chi connectivity index (χ0) is 26.3. The van der Waals surface area contributed by atoms with Crippen LogP contribution in [0.1, 0.15) is 45.1 Å². The number of sulfone groups is 1. The van der Waals surface area contributed by atoms with Gasteiger partial charge < -0.3 is 18.9 Å². The number of aromatic nitrogens is 2. The van der Waals surface area contributed by atoms with Crippen LogP contribution in [0.3, 0.4) is 0 Å². The van der Waals surface area contributed by atoms with Crippen molar-refractivity contribution >= 4 is 27.5 Å². The first-order chi connectivity index (χ1) is 17.6. The number of nitrogens with zero attached hydrogens (tertiary/aromatic N) is 3. The Morgan fingerprint density at radius 2 is 1.81 bits per heavy atom. The highest BCUT2D eigenvalue weighted by molar-refractivity contribution is 7.92. The first kappa shape index (κ1) is 26.0. The van der Waals surface area contributed by atoms with Crippen LogP contribution in [-0.4, -0.2) is 72.1 Å². The molecule has 2 aromatic rings. The summed E-state index contributed by atoms with van der Waals surface area (Å²) < 4.78 is 48.3. The van der Waals surface area contributed by atoms with Crippen LogP contribution in [0, 0.1) is 6.92 Å². The third-order valence-electron chi connectivity index (χ3n) is 6.70. The van der Waals surface area contributed by atoms with Crippen molar-refractivity contribution in [3.05, 3.63) is 35.1 Å². The van der Waals surface area contributed by atoms with E-state index in [1.54, 1.807) is 11.8 Å². The Labute approximate surface area is 221 Å². The maximum Gasteiger partial charge on any atom is 0.410 e. The third kappa shape index (κ3) is 5.49. The van der Waals surface area contributed by atoms with Gasteiger partial charge in [-0.2, -0.15) is 0 Å². The van der Waals surface area contributed by atoms with Gasteiger partial charge in [-0.1, -0.05) is 11.6 Å². The number of morpholine rings is 1. The Morgan fingerprint density at radius 1 is 1.14 bits per heavy atom. The van der Waals surface area contributed by atoms with E-state index >= 15 is 0 Å². The number of ether oxygens (including phenoxy) is 4. The van der Waals surface area contributed by atoms with Gasteiger partial charge in [0.05, 0.1) is 52.1 Å². The zero-order valence-corrected chi connectivity index (χ0v) is 22.5. The van der Waals surface area contributed by atoms with E-state index in [-0.39, 0.29) is 57.2 Å². The van der Waals surface area contributed by atoms with Crippen LogP contribution < -0.4 is 9.47 Å². The summed E-state index contributed by atoms with van der Waals surface area (Å²) in [5.41, 5.74) is 0.580.